The minimum absolute atomic E-state index is 0.199. The van der Waals surface area contributed by atoms with Crippen LogP contribution in [0.5, 0.6) is 11.8 Å². The van der Waals surface area contributed by atoms with E-state index in [0.717, 1.165) is 30.6 Å². The van der Waals surface area contributed by atoms with Crippen molar-refractivity contribution in [3.8, 4) is 11.8 Å². The zero-order valence-electron chi connectivity index (χ0n) is 16.8. The van der Waals surface area contributed by atoms with E-state index in [0.29, 0.717) is 37.5 Å². The largest absolute Gasteiger partial charge is 0.481 e. The van der Waals surface area contributed by atoms with E-state index in [-0.39, 0.29) is 18.3 Å². The van der Waals surface area contributed by atoms with Gasteiger partial charge in [-0.05, 0) is 18.9 Å². The molecule has 2 aromatic rings. The summed E-state index contributed by atoms with van der Waals surface area (Å²) in [6, 6.07) is 3.29. The first-order valence-corrected chi connectivity index (χ1v) is 9.76. The van der Waals surface area contributed by atoms with E-state index in [9.17, 15) is 9.90 Å². The third-order valence-electron chi connectivity index (χ3n) is 5.62. The molecule has 0 bridgehead atoms. The second-order valence-corrected chi connectivity index (χ2v) is 7.71. The number of hydrogen-bond acceptors (Lipinski definition) is 8. The molecule has 156 valence electrons. The molecule has 4 rings (SSSR count). The van der Waals surface area contributed by atoms with Crippen LogP contribution in [0.15, 0.2) is 22.9 Å². The number of rotatable bonds is 5. The highest BCUT2D eigenvalue weighted by Crippen LogP contribution is 2.28. The van der Waals surface area contributed by atoms with Crippen molar-refractivity contribution >= 4 is 5.91 Å². The number of carbonyl (C=O) groups excluding carboxylic acids is 1. The van der Waals surface area contributed by atoms with Crippen molar-refractivity contribution in [2.75, 3.05) is 40.4 Å². The molecule has 0 aromatic carbocycles. The number of piperidine rings is 1. The molecule has 9 heteroatoms. The Labute approximate surface area is 169 Å². The zero-order chi connectivity index (χ0) is 20.4. The fraction of sp³-hybridized carbons (Fsp3) is 0.550. The summed E-state index contributed by atoms with van der Waals surface area (Å²) in [4.78, 5) is 21.2. The van der Waals surface area contributed by atoms with Crippen LogP contribution in [0.1, 0.15) is 34.5 Å². The third-order valence-corrected chi connectivity index (χ3v) is 5.62. The van der Waals surface area contributed by atoms with Crippen LogP contribution >= 0.6 is 0 Å². The molecule has 1 fully saturated rings. The van der Waals surface area contributed by atoms with Crippen molar-refractivity contribution in [2.45, 2.75) is 31.4 Å². The molecule has 2 aliphatic heterocycles. The predicted molar refractivity (Wildman–Crippen MR) is 103 cm³/mol. The van der Waals surface area contributed by atoms with E-state index in [4.69, 9.17) is 14.0 Å². The van der Waals surface area contributed by atoms with Crippen LogP contribution in [0.4, 0.5) is 0 Å². The minimum atomic E-state index is -0.963. The van der Waals surface area contributed by atoms with Gasteiger partial charge in [-0.2, -0.15) is 4.98 Å². The van der Waals surface area contributed by atoms with E-state index in [1.54, 1.807) is 23.3 Å². The first kappa shape index (κ1) is 19.7. The molecule has 1 atom stereocenters. The number of ether oxygens (including phenoxy) is 2. The first-order valence-electron chi connectivity index (χ1n) is 9.76. The molecule has 1 unspecified atom stereocenters. The number of β-amino-alcohol motifs (C(OH)–C–C–N with tert-alkyl or cyclic N) is 1. The Morgan fingerprint density at radius 1 is 1.31 bits per heavy atom. The Kier molecular flexibility index (Phi) is 5.42. The highest BCUT2D eigenvalue weighted by molar-refractivity contribution is 5.96. The average molecular weight is 402 g/mol. The summed E-state index contributed by atoms with van der Waals surface area (Å²) in [7, 11) is 2.98. The monoisotopic (exact) mass is 402 g/mol. The van der Waals surface area contributed by atoms with Gasteiger partial charge < -0.3 is 24.0 Å². The summed E-state index contributed by atoms with van der Waals surface area (Å²) in [5.74, 6) is 0.404. The summed E-state index contributed by atoms with van der Waals surface area (Å²) in [5.41, 5.74) is 1.46. The van der Waals surface area contributed by atoms with E-state index < -0.39 is 5.60 Å². The maximum absolute atomic E-state index is 13.1. The molecule has 0 spiro atoms. The van der Waals surface area contributed by atoms with Gasteiger partial charge in [0, 0.05) is 44.2 Å². The van der Waals surface area contributed by atoms with E-state index in [2.05, 4.69) is 15.0 Å². The summed E-state index contributed by atoms with van der Waals surface area (Å²) in [6.45, 7) is 2.87. The van der Waals surface area contributed by atoms with Crippen molar-refractivity contribution in [2.24, 2.45) is 0 Å². The van der Waals surface area contributed by atoms with Gasteiger partial charge in [0.1, 0.15) is 11.8 Å². The average Bonchev–Trinajstić information content (AvgIpc) is 3.20. The number of aromatic nitrogens is 2. The molecule has 0 aliphatic carbocycles. The van der Waals surface area contributed by atoms with Gasteiger partial charge >= 0.3 is 0 Å². The number of aliphatic hydroxyl groups is 1. The molecule has 1 saturated heterocycles. The smallest absolute Gasteiger partial charge is 0.259 e. The van der Waals surface area contributed by atoms with Gasteiger partial charge in [-0.25, -0.2) is 0 Å². The summed E-state index contributed by atoms with van der Waals surface area (Å²) >= 11 is 0. The number of methoxy groups -OCH3 is 2. The normalized spacial score (nSPS) is 22.2. The van der Waals surface area contributed by atoms with Crippen molar-refractivity contribution in [3.05, 3.63) is 35.2 Å². The maximum atomic E-state index is 13.1. The van der Waals surface area contributed by atoms with Gasteiger partial charge in [-0.3, -0.25) is 9.69 Å². The number of pyridine rings is 1. The van der Waals surface area contributed by atoms with Gasteiger partial charge in [0.15, 0.2) is 0 Å². The van der Waals surface area contributed by atoms with Crippen LogP contribution in [-0.4, -0.2) is 77.0 Å². The Morgan fingerprint density at radius 3 is 2.97 bits per heavy atom. The third kappa shape index (κ3) is 4.06. The Morgan fingerprint density at radius 2 is 2.17 bits per heavy atom. The Hall–Kier alpha value is -2.65. The molecule has 2 aromatic heterocycles. The standard InChI is InChI=1S/C20H26N4O5/c1-27-17-5-4-15(18(21-17)28-2)19(25)24-8-3-7-20(26,13-24)12-23-9-6-16-14(10-23)11-29-22-16/h4-5,11,26H,3,6-10,12-13H2,1-2H3. The van der Waals surface area contributed by atoms with Crippen LogP contribution in [0, 0.1) is 0 Å². The molecular formula is C20H26N4O5. The number of amides is 1. The van der Waals surface area contributed by atoms with E-state index in [1.807, 2.05) is 0 Å². The van der Waals surface area contributed by atoms with Crippen LogP contribution in [0.2, 0.25) is 0 Å². The molecule has 0 saturated carbocycles. The molecule has 29 heavy (non-hydrogen) atoms. The molecule has 0 radical (unpaired) electrons. The molecular weight excluding hydrogens is 376 g/mol. The summed E-state index contributed by atoms with van der Waals surface area (Å²) in [6.07, 6.45) is 3.87. The van der Waals surface area contributed by atoms with Crippen LogP contribution in [0.3, 0.4) is 0 Å². The Bertz CT molecular complexity index is 886. The van der Waals surface area contributed by atoms with Gasteiger partial charge in [0.05, 0.1) is 32.1 Å². The first-order chi connectivity index (χ1) is 14.0. The molecule has 1 amide bonds. The van der Waals surface area contributed by atoms with Crippen LogP contribution < -0.4 is 9.47 Å². The minimum Gasteiger partial charge on any atom is -0.481 e. The topological polar surface area (TPSA) is 101 Å². The summed E-state index contributed by atoms with van der Waals surface area (Å²) < 4.78 is 15.4. The lowest BCUT2D eigenvalue weighted by molar-refractivity contribution is -0.0490. The van der Waals surface area contributed by atoms with Gasteiger partial charge in [-0.1, -0.05) is 5.16 Å². The van der Waals surface area contributed by atoms with E-state index >= 15 is 0 Å². The van der Waals surface area contributed by atoms with E-state index in [1.165, 1.54) is 14.2 Å². The summed E-state index contributed by atoms with van der Waals surface area (Å²) in [5, 5.41) is 15.3. The highest BCUT2D eigenvalue weighted by Gasteiger charge is 2.38. The molecule has 2 aliphatic rings. The van der Waals surface area contributed by atoms with Crippen LogP contribution in [0.25, 0.3) is 0 Å². The van der Waals surface area contributed by atoms with Gasteiger partial charge in [-0.15, -0.1) is 0 Å². The fourth-order valence-corrected chi connectivity index (χ4v) is 4.19. The second kappa shape index (κ2) is 8.00. The molecule has 1 N–H and O–H groups in total. The van der Waals surface area contributed by atoms with Gasteiger partial charge in [0.25, 0.3) is 5.91 Å². The van der Waals surface area contributed by atoms with Crippen LogP contribution in [-0.2, 0) is 13.0 Å². The number of fused-ring (bicyclic) bond motifs is 1. The fourth-order valence-electron chi connectivity index (χ4n) is 4.19. The molecule has 9 nitrogen and oxygen atoms in total. The zero-order valence-corrected chi connectivity index (χ0v) is 16.8. The number of carbonyl (C=O) groups is 1. The number of hydrogen-bond donors (Lipinski definition) is 1. The van der Waals surface area contributed by atoms with Crippen molar-refractivity contribution < 1.29 is 23.9 Å². The van der Waals surface area contributed by atoms with Crippen molar-refractivity contribution in [1.29, 1.82) is 0 Å². The van der Waals surface area contributed by atoms with Gasteiger partial charge in [0.2, 0.25) is 11.8 Å². The second-order valence-electron chi connectivity index (χ2n) is 7.71. The SMILES string of the molecule is COc1ccc(C(=O)N2CCCC(O)(CN3CCc4nocc4C3)C2)c(OC)n1. The quantitative estimate of drug-likeness (QED) is 0.794. The predicted octanol–water partition coefficient (Wildman–Crippen LogP) is 1.11. The molecule has 4 heterocycles. The highest BCUT2D eigenvalue weighted by atomic mass is 16.5. The maximum Gasteiger partial charge on any atom is 0.259 e. The lowest BCUT2D eigenvalue weighted by Gasteiger charge is -2.42. The number of likely N-dealkylation sites (tertiary alicyclic amines) is 1. The number of nitrogens with zero attached hydrogens (tertiary/aromatic N) is 4. The lowest BCUT2D eigenvalue weighted by Crippen LogP contribution is -2.56. The van der Waals surface area contributed by atoms with Crippen molar-refractivity contribution in [3.63, 3.8) is 0 Å². The van der Waals surface area contributed by atoms with Crippen molar-refractivity contribution in [1.82, 2.24) is 19.9 Å². The lowest BCUT2D eigenvalue weighted by atomic mass is 9.91. The Balaban J connectivity index is 1.46.